The van der Waals surface area contributed by atoms with Crippen LogP contribution >= 0.6 is 0 Å². The summed E-state index contributed by atoms with van der Waals surface area (Å²) >= 11 is 0. The molecule has 1 aliphatic rings. The van der Waals surface area contributed by atoms with E-state index in [0.717, 1.165) is 27.8 Å². The van der Waals surface area contributed by atoms with Gasteiger partial charge < -0.3 is 4.98 Å². The third kappa shape index (κ3) is 2.14. The van der Waals surface area contributed by atoms with Crippen LogP contribution in [0.25, 0.3) is 11.0 Å². The summed E-state index contributed by atoms with van der Waals surface area (Å²) in [7, 11) is 0. The summed E-state index contributed by atoms with van der Waals surface area (Å²) in [5.41, 5.74) is 4.93. The van der Waals surface area contributed by atoms with Gasteiger partial charge in [0, 0.05) is 11.3 Å². The first-order valence-electron chi connectivity index (χ1n) is 8.33. The Labute approximate surface area is 148 Å². The van der Waals surface area contributed by atoms with E-state index in [0.29, 0.717) is 5.56 Å². The average Bonchev–Trinajstić information content (AvgIpc) is 3.25. The predicted octanol–water partition coefficient (Wildman–Crippen LogP) is 4.45. The van der Waals surface area contributed by atoms with Crippen molar-refractivity contribution < 1.29 is 9.18 Å². The van der Waals surface area contributed by atoms with Gasteiger partial charge in [-0.15, -0.1) is 0 Å². The van der Waals surface area contributed by atoms with Gasteiger partial charge in [-0.05, 0) is 47.5 Å². The number of H-pyrrole nitrogens is 1. The minimum Gasteiger partial charge on any atom is -0.345 e. The largest absolute Gasteiger partial charge is 0.345 e. The number of anilines is 1. The van der Waals surface area contributed by atoms with Gasteiger partial charge >= 0.3 is 0 Å². The van der Waals surface area contributed by atoms with Crippen molar-refractivity contribution in [2.45, 2.75) is 6.04 Å². The second kappa shape index (κ2) is 5.52. The van der Waals surface area contributed by atoms with Crippen LogP contribution in [0.3, 0.4) is 0 Å². The van der Waals surface area contributed by atoms with E-state index in [9.17, 15) is 9.18 Å². The summed E-state index contributed by atoms with van der Waals surface area (Å²) < 4.78 is 13.4. The zero-order valence-electron chi connectivity index (χ0n) is 13.7. The fourth-order valence-electron chi connectivity index (χ4n) is 3.63. The molecule has 3 aromatic carbocycles. The van der Waals surface area contributed by atoms with Crippen molar-refractivity contribution in [1.82, 2.24) is 9.97 Å². The van der Waals surface area contributed by atoms with Crippen molar-refractivity contribution in [2.75, 3.05) is 4.90 Å². The molecule has 0 aliphatic carbocycles. The highest BCUT2D eigenvalue weighted by Crippen LogP contribution is 2.41. The van der Waals surface area contributed by atoms with E-state index in [2.05, 4.69) is 9.97 Å². The SMILES string of the molecule is O=C1c2ccccc2C(c2ccc(F)cc2)N1c1ccc2[nH]cnc2c1. The van der Waals surface area contributed by atoms with Crippen molar-refractivity contribution in [3.63, 3.8) is 0 Å². The number of nitrogens with zero attached hydrogens (tertiary/aromatic N) is 2. The summed E-state index contributed by atoms with van der Waals surface area (Å²) in [4.78, 5) is 22.3. The molecule has 0 radical (unpaired) electrons. The van der Waals surface area contributed by atoms with E-state index < -0.39 is 0 Å². The molecule has 1 aromatic heterocycles. The van der Waals surface area contributed by atoms with Gasteiger partial charge in [0.2, 0.25) is 0 Å². The maximum atomic E-state index is 13.4. The number of rotatable bonds is 2. The van der Waals surface area contributed by atoms with Crippen LogP contribution in [0.5, 0.6) is 0 Å². The third-order valence-corrected chi connectivity index (χ3v) is 4.83. The van der Waals surface area contributed by atoms with Gasteiger partial charge in [-0.2, -0.15) is 0 Å². The molecule has 126 valence electrons. The first-order chi connectivity index (χ1) is 12.7. The second-order valence-corrected chi connectivity index (χ2v) is 6.32. The lowest BCUT2D eigenvalue weighted by Crippen LogP contribution is -2.28. The van der Waals surface area contributed by atoms with Crippen LogP contribution in [-0.2, 0) is 0 Å². The van der Waals surface area contributed by atoms with Crippen LogP contribution in [0, 0.1) is 5.82 Å². The smallest absolute Gasteiger partial charge is 0.259 e. The number of amides is 1. The highest BCUT2D eigenvalue weighted by molar-refractivity contribution is 6.12. The molecule has 0 saturated heterocycles. The van der Waals surface area contributed by atoms with Gasteiger partial charge in [0.05, 0.1) is 23.4 Å². The Kier molecular flexibility index (Phi) is 3.15. The molecule has 4 nitrogen and oxygen atoms in total. The van der Waals surface area contributed by atoms with Gasteiger partial charge in [-0.3, -0.25) is 9.69 Å². The van der Waals surface area contributed by atoms with E-state index >= 15 is 0 Å². The molecule has 4 aromatic rings. The van der Waals surface area contributed by atoms with Crippen molar-refractivity contribution in [1.29, 1.82) is 0 Å². The molecule has 0 bridgehead atoms. The van der Waals surface area contributed by atoms with Gasteiger partial charge in [-0.25, -0.2) is 9.37 Å². The standard InChI is InChI=1S/C21H14FN3O/c22-14-7-5-13(6-8-14)20-16-3-1-2-4-17(16)21(26)25(20)15-9-10-18-19(11-15)24-12-23-18/h1-12,20H,(H,23,24). The molecule has 0 spiro atoms. The molecule has 0 saturated carbocycles. The summed E-state index contributed by atoms with van der Waals surface area (Å²) in [5, 5.41) is 0. The Morgan fingerprint density at radius 2 is 1.81 bits per heavy atom. The van der Waals surface area contributed by atoms with Gasteiger partial charge in [-0.1, -0.05) is 30.3 Å². The lowest BCUT2D eigenvalue weighted by molar-refractivity contribution is 0.0993. The molecule has 5 rings (SSSR count). The van der Waals surface area contributed by atoms with Crippen molar-refractivity contribution in [3.8, 4) is 0 Å². The van der Waals surface area contributed by atoms with E-state index in [1.54, 1.807) is 23.4 Å². The van der Waals surface area contributed by atoms with Crippen LogP contribution in [0.4, 0.5) is 10.1 Å². The summed E-state index contributed by atoms with van der Waals surface area (Å²) in [6.45, 7) is 0. The molecular formula is C21H14FN3O. The van der Waals surface area contributed by atoms with Gasteiger partial charge in [0.1, 0.15) is 5.82 Å². The topological polar surface area (TPSA) is 49.0 Å². The number of nitrogens with one attached hydrogen (secondary N) is 1. The first-order valence-corrected chi connectivity index (χ1v) is 8.33. The van der Waals surface area contributed by atoms with Crippen LogP contribution in [0.15, 0.2) is 73.1 Å². The summed E-state index contributed by atoms with van der Waals surface area (Å²) in [5.74, 6) is -0.360. The molecule has 1 aliphatic heterocycles. The lowest BCUT2D eigenvalue weighted by atomic mass is 9.97. The van der Waals surface area contributed by atoms with E-state index in [1.165, 1.54) is 12.1 Å². The number of aromatic nitrogens is 2. The second-order valence-electron chi connectivity index (χ2n) is 6.32. The Bertz CT molecular complexity index is 1130. The number of halogens is 1. The molecule has 0 fully saturated rings. The molecule has 2 heterocycles. The molecule has 5 heteroatoms. The van der Waals surface area contributed by atoms with Crippen LogP contribution < -0.4 is 4.90 Å². The van der Waals surface area contributed by atoms with Crippen LogP contribution in [-0.4, -0.2) is 15.9 Å². The van der Waals surface area contributed by atoms with Crippen molar-refractivity contribution >= 4 is 22.6 Å². The number of imidazole rings is 1. The highest BCUT2D eigenvalue weighted by Gasteiger charge is 2.38. The molecule has 1 N–H and O–H groups in total. The number of hydrogen-bond acceptors (Lipinski definition) is 2. The van der Waals surface area contributed by atoms with E-state index in [4.69, 9.17) is 0 Å². The van der Waals surface area contributed by atoms with Crippen LogP contribution in [0.1, 0.15) is 27.5 Å². The number of fused-ring (bicyclic) bond motifs is 2. The first kappa shape index (κ1) is 14.8. The Hall–Kier alpha value is -3.47. The number of benzene rings is 3. The minimum absolute atomic E-state index is 0.0650. The van der Waals surface area contributed by atoms with Gasteiger partial charge in [0.25, 0.3) is 5.91 Å². The lowest BCUT2D eigenvalue weighted by Gasteiger charge is -2.26. The number of aromatic amines is 1. The number of hydrogen-bond donors (Lipinski definition) is 1. The van der Waals surface area contributed by atoms with E-state index in [1.807, 2.05) is 42.5 Å². The highest BCUT2D eigenvalue weighted by atomic mass is 19.1. The monoisotopic (exact) mass is 343 g/mol. The summed E-state index contributed by atoms with van der Waals surface area (Å²) in [6.07, 6.45) is 1.63. The maximum Gasteiger partial charge on any atom is 0.259 e. The third-order valence-electron chi connectivity index (χ3n) is 4.83. The summed E-state index contributed by atoms with van der Waals surface area (Å²) in [6, 6.07) is 19.3. The Morgan fingerprint density at radius 3 is 2.65 bits per heavy atom. The van der Waals surface area contributed by atoms with Gasteiger partial charge in [0.15, 0.2) is 0 Å². The normalized spacial score (nSPS) is 16.3. The van der Waals surface area contributed by atoms with Crippen LogP contribution in [0.2, 0.25) is 0 Å². The predicted molar refractivity (Wildman–Crippen MR) is 97.6 cm³/mol. The molecule has 1 amide bonds. The zero-order valence-corrected chi connectivity index (χ0v) is 13.7. The quantitative estimate of drug-likeness (QED) is 0.584. The van der Waals surface area contributed by atoms with Crippen molar-refractivity contribution in [2.24, 2.45) is 0 Å². The number of carbonyl (C=O) groups is 1. The van der Waals surface area contributed by atoms with E-state index in [-0.39, 0.29) is 17.8 Å². The maximum absolute atomic E-state index is 13.4. The Morgan fingerprint density at radius 1 is 1.00 bits per heavy atom. The fourth-order valence-corrected chi connectivity index (χ4v) is 3.63. The zero-order chi connectivity index (χ0) is 17.7. The molecule has 1 unspecified atom stereocenters. The molecule has 26 heavy (non-hydrogen) atoms. The molecule has 1 atom stereocenters. The average molecular weight is 343 g/mol. The fraction of sp³-hybridized carbons (Fsp3) is 0.0476. The Balaban J connectivity index is 1.71. The number of carbonyl (C=O) groups excluding carboxylic acids is 1. The minimum atomic E-state index is -0.296. The van der Waals surface area contributed by atoms with Crippen molar-refractivity contribution in [3.05, 3.63) is 95.6 Å². The molecular weight excluding hydrogens is 329 g/mol.